The number of pyridine rings is 1. The summed E-state index contributed by atoms with van der Waals surface area (Å²) >= 11 is 7.48. The molecule has 4 N–H and O–H groups in total. The highest BCUT2D eigenvalue weighted by molar-refractivity contribution is 7.99. The largest absolute Gasteiger partial charge is 0.455 e. The van der Waals surface area contributed by atoms with Crippen LogP contribution in [0.5, 0.6) is 11.5 Å². The second-order valence-corrected chi connectivity index (χ2v) is 19.4. The van der Waals surface area contributed by atoms with Crippen LogP contribution in [0.1, 0.15) is 55.5 Å². The molecule has 314 valence electrons. The van der Waals surface area contributed by atoms with E-state index in [0.29, 0.717) is 28.5 Å². The van der Waals surface area contributed by atoms with Crippen molar-refractivity contribution in [3.8, 4) is 11.5 Å². The first-order valence-corrected chi connectivity index (χ1v) is 22.7. The van der Waals surface area contributed by atoms with Crippen LogP contribution in [0.4, 0.5) is 17.1 Å². The van der Waals surface area contributed by atoms with Gasteiger partial charge in [-0.1, -0.05) is 43.2 Å². The van der Waals surface area contributed by atoms with Crippen molar-refractivity contribution in [2.75, 3.05) is 55.3 Å². The Morgan fingerprint density at radius 2 is 1.88 bits per heavy atom. The number of anilines is 2. The number of benzene rings is 3. The number of fused-ring (bicyclic) bond motifs is 2. The van der Waals surface area contributed by atoms with E-state index in [1.807, 2.05) is 18.2 Å². The van der Waals surface area contributed by atoms with Crippen molar-refractivity contribution in [2.45, 2.75) is 55.4 Å². The van der Waals surface area contributed by atoms with Crippen LogP contribution in [-0.4, -0.2) is 90.3 Å². The number of ether oxygens (including phenoxy) is 1. The van der Waals surface area contributed by atoms with E-state index in [1.165, 1.54) is 46.8 Å². The molecule has 1 aliphatic carbocycles. The quantitative estimate of drug-likeness (QED) is 0.0700. The molecule has 2 aromatic heterocycles. The van der Waals surface area contributed by atoms with E-state index >= 15 is 0 Å². The van der Waals surface area contributed by atoms with Crippen molar-refractivity contribution in [1.82, 2.24) is 19.6 Å². The molecule has 1 saturated heterocycles. The molecule has 1 atom stereocenters. The van der Waals surface area contributed by atoms with Crippen molar-refractivity contribution in [3.63, 3.8) is 0 Å². The summed E-state index contributed by atoms with van der Waals surface area (Å²) in [4.78, 5) is 37.5. The van der Waals surface area contributed by atoms with Crippen LogP contribution in [0, 0.1) is 15.5 Å². The van der Waals surface area contributed by atoms with Crippen LogP contribution >= 0.6 is 23.4 Å². The molecule has 2 aliphatic heterocycles. The average Bonchev–Trinajstić information content (AvgIpc) is 3.70. The standard InChI is InChI=1S/C43H46ClN7O7S2/c1-43(2)12-9-29(36(23-43)27-3-5-30(44)6-4-27)25-49-14-16-50(17-15-49)32-7-8-35(38(20-32)58-33-19-28-10-13-45-41(28)46-24-33)42(53)48-60(56,57)34-21-37(51(54)55)40-39(22-34)59-26-31(47-40)11-18-52/h3-8,10,13,19-22,24,31,47,52H,9,11-12,14-18,23,25-26H2,1-2H3,(H,45,46)(H,48,53)/t31-/m0/s1. The van der Waals surface area contributed by atoms with Crippen LogP contribution in [0.2, 0.25) is 5.02 Å². The number of carbonyl (C=O) groups is 1. The van der Waals surface area contributed by atoms with E-state index in [-0.39, 0.29) is 35.1 Å². The molecule has 0 bridgehead atoms. The Kier molecular flexibility index (Phi) is 11.8. The van der Waals surface area contributed by atoms with Gasteiger partial charge in [-0.25, -0.2) is 18.1 Å². The van der Waals surface area contributed by atoms with Gasteiger partial charge in [0.05, 0.1) is 21.6 Å². The monoisotopic (exact) mass is 871 g/mol. The van der Waals surface area contributed by atoms with Crippen molar-refractivity contribution < 1.29 is 28.0 Å². The predicted octanol–water partition coefficient (Wildman–Crippen LogP) is 8.09. The second kappa shape index (κ2) is 17.1. The number of piperazine rings is 1. The predicted molar refractivity (Wildman–Crippen MR) is 235 cm³/mol. The lowest BCUT2D eigenvalue weighted by Gasteiger charge is -2.39. The summed E-state index contributed by atoms with van der Waals surface area (Å²) in [7, 11) is -4.59. The van der Waals surface area contributed by atoms with Gasteiger partial charge in [0.2, 0.25) is 0 Å². The lowest BCUT2D eigenvalue weighted by molar-refractivity contribution is -0.384. The number of nitrogens with one attached hydrogen (secondary N) is 3. The molecule has 4 heterocycles. The van der Waals surface area contributed by atoms with E-state index in [4.69, 9.17) is 16.3 Å². The van der Waals surface area contributed by atoms with Crippen molar-refractivity contribution in [1.29, 1.82) is 0 Å². The molecule has 0 spiro atoms. The van der Waals surface area contributed by atoms with Crippen molar-refractivity contribution in [2.24, 2.45) is 5.41 Å². The fourth-order valence-corrected chi connectivity index (χ4v) is 10.5. The average molecular weight is 872 g/mol. The van der Waals surface area contributed by atoms with Gasteiger partial charge in [-0.2, -0.15) is 0 Å². The lowest BCUT2D eigenvalue weighted by Crippen LogP contribution is -2.47. The number of nitro groups is 1. The van der Waals surface area contributed by atoms with Gasteiger partial charge in [-0.05, 0) is 84.7 Å². The summed E-state index contributed by atoms with van der Waals surface area (Å²) in [5.74, 6) is -0.0381. The molecule has 1 amide bonds. The van der Waals surface area contributed by atoms with Crippen LogP contribution in [0.25, 0.3) is 16.6 Å². The van der Waals surface area contributed by atoms with Gasteiger partial charge in [0.15, 0.2) is 0 Å². The highest BCUT2D eigenvalue weighted by Crippen LogP contribution is 2.44. The van der Waals surface area contributed by atoms with E-state index in [0.717, 1.165) is 74.1 Å². The molecule has 0 saturated carbocycles. The molecule has 3 aromatic carbocycles. The summed E-state index contributed by atoms with van der Waals surface area (Å²) in [6.07, 6.45) is 6.83. The Hall–Kier alpha value is -5.13. The summed E-state index contributed by atoms with van der Waals surface area (Å²) in [6.45, 7) is 8.50. The maximum Gasteiger partial charge on any atom is 0.294 e. The van der Waals surface area contributed by atoms with Gasteiger partial charge in [0, 0.05) is 90.4 Å². The third-order valence-electron chi connectivity index (χ3n) is 11.4. The number of aromatic nitrogens is 2. The fourth-order valence-electron chi connectivity index (χ4n) is 8.10. The number of nitro benzene ring substituents is 1. The van der Waals surface area contributed by atoms with Crippen LogP contribution < -0.4 is 19.7 Å². The molecule has 14 nitrogen and oxygen atoms in total. The molecule has 1 fully saturated rings. The van der Waals surface area contributed by atoms with Gasteiger partial charge < -0.3 is 25.0 Å². The first-order chi connectivity index (χ1) is 28.7. The number of H-pyrrole nitrogens is 1. The van der Waals surface area contributed by atoms with Gasteiger partial charge >= 0.3 is 0 Å². The van der Waals surface area contributed by atoms with Crippen LogP contribution in [0.15, 0.2) is 94.5 Å². The maximum absolute atomic E-state index is 13.9. The van der Waals surface area contributed by atoms with E-state index in [2.05, 4.69) is 55.8 Å². The van der Waals surface area contributed by atoms with Gasteiger partial charge in [0.1, 0.15) is 22.8 Å². The number of rotatable bonds is 12. The zero-order chi connectivity index (χ0) is 42.2. The molecule has 0 radical (unpaired) electrons. The van der Waals surface area contributed by atoms with Crippen LogP contribution in [0.3, 0.4) is 0 Å². The topological polar surface area (TPSA) is 183 Å². The number of sulfonamides is 1. The van der Waals surface area contributed by atoms with E-state index < -0.39 is 31.4 Å². The second-order valence-electron chi connectivity index (χ2n) is 16.2. The number of thioether (sulfide) groups is 1. The maximum atomic E-state index is 13.9. The van der Waals surface area contributed by atoms with Gasteiger partial charge in [0.25, 0.3) is 21.6 Å². The number of amides is 1. The number of hydrogen-bond acceptors (Lipinski definition) is 12. The number of aliphatic hydroxyl groups is 1. The number of aliphatic hydroxyl groups excluding tert-OH is 1. The SMILES string of the molecule is CC1(C)CCC(CN2CCN(c3ccc(C(=O)NS(=O)(=O)c4cc5c(c([N+](=O)[O-])c4)N[C@@H](CCO)CS5)c(Oc4cnc5[nH]ccc5c4)c3)CC2)=C(c2ccc(Cl)cc2)C1. The molecule has 60 heavy (non-hydrogen) atoms. The number of carbonyl (C=O) groups excluding carboxylic acids is 1. The van der Waals surface area contributed by atoms with E-state index in [9.17, 15) is 28.4 Å². The van der Waals surface area contributed by atoms with Crippen molar-refractivity contribution in [3.05, 3.63) is 111 Å². The van der Waals surface area contributed by atoms with Crippen molar-refractivity contribution >= 4 is 73.0 Å². The normalized spacial score (nSPS) is 18.2. The Morgan fingerprint density at radius 3 is 2.63 bits per heavy atom. The third-order valence-corrected chi connectivity index (χ3v) is 14.2. The first kappa shape index (κ1) is 41.6. The number of aromatic amines is 1. The Morgan fingerprint density at radius 1 is 1.10 bits per heavy atom. The lowest BCUT2D eigenvalue weighted by atomic mass is 9.72. The number of halogens is 1. The smallest absolute Gasteiger partial charge is 0.294 e. The first-order valence-electron chi connectivity index (χ1n) is 19.8. The highest BCUT2D eigenvalue weighted by Gasteiger charge is 2.32. The summed E-state index contributed by atoms with van der Waals surface area (Å²) in [6, 6.07) is 18.8. The van der Waals surface area contributed by atoms with Crippen LogP contribution in [-0.2, 0) is 10.0 Å². The molecule has 0 unspecified atom stereocenters. The van der Waals surface area contributed by atoms with E-state index in [1.54, 1.807) is 24.4 Å². The molecule has 17 heteroatoms. The number of hydrogen-bond donors (Lipinski definition) is 4. The zero-order valence-corrected chi connectivity index (χ0v) is 35.6. The summed E-state index contributed by atoms with van der Waals surface area (Å²) < 4.78 is 36.0. The molecular weight excluding hydrogens is 826 g/mol. The number of allylic oxidation sites excluding steroid dienone is 1. The zero-order valence-electron chi connectivity index (χ0n) is 33.2. The third kappa shape index (κ3) is 9.12. The number of nitrogens with zero attached hydrogens (tertiary/aromatic N) is 4. The Labute approximate surface area is 357 Å². The molecular formula is C43H46ClN7O7S2. The summed E-state index contributed by atoms with van der Waals surface area (Å²) in [5.41, 5.74) is 5.46. The minimum atomic E-state index is -4.59. The highest BCUT2D eigenvalue weighted by atomic mass is 35.5. The fraction of sp³-hybridized carbons (Fsp3) is 0.349. The Balaban J connectivity index is 1.03. The minimum Gasteiger partial charge on any atom is -0.455 e. The molecule has 8 rings (SSSR count). The summed E-state index contributed by atoms with van der Waals surface area (Å²) in [5, 5.41) is 26.0. The van der Waals surface area contributed by atoms with Gasteiger partial charge in [-0.3, -0.25) is 19.8 Å². The minimum absolute atomic E-state index is 0.0487. The van der Waals surface area contributed by atoms with Gasteiger partial charge in [-0.15, -0.1) is 11.8 Å². The molecule has 3 aliphatic rings. The molecule has 5 aromatic rings. The Bertz CT molecular complexity index is 2590.